The highest BCUT2D eigenvalue weighted by molar-refractivity contribution is 5.93. The van der Waals surface area contributed by atoms with Crippen molar-refractivity contribution in [3.05, 3.63) is 18.1 Å². The molecule has 0 bridgehead atoms. The number of hydrogen-bond acceptors (Lipinski definition) is 6. The van der Waals surface area contributed by atoms with E-state index in [2.05, 4.69) is 15.3 Å². The van der Waals surface area contributed by atoms with Crippen LogP contribution in [0.15, 0.2) is 12.4 Å². The SMILES string of the molecule is O=C(c1cc(NC2CC2)ncn1)N1CCC2(CC1)OCCO2. The fraction of sp³-hybridized carbons (Fsp3) is 0.667. The first-order valence-corrected chi connectivity index (χ1v) is 7.90. The van der Waals surface area contributed by atoms with Crippen molar-refractivity contribution in [3.63, 3.8) is 0 Å². The number of amides is 1. The zero-order valence-electron chi connectivity index (χ0n) is 12.5. The summed E-state index contributed by atoms with van der Waals surface area (Å²) in [7, 11) is 0. The average Bonchev–Trinajstić information content (AvgIpc) is 3.25. The van der Waals surface area contributed by atoms with Gasteiger partial charge in [0.1, 0.15) is 17.8 Å². The molecule has 22 heavy (non-hydrogen) atoms. The molecule has 4 rings (SSSR count). The zero-order valence-corrected chi connectivity index (χ0v) is 12.5. The van der Waals surface area contributed by atoms with Gasteiger partial charge in [0.2, 0.25) is 0 Å². The van der Waals surface area contributed by atoms with E-state index in [9.17, 15) is 4.79 Å². The van der Waals surface area contributed by atoms with Crippen LogP contribution in [0.4, 0.5) is 5.82 Å². The Morgan fingerprint density at radius 1 is 1.23 bits per heavy atom. The van der Waals surface area contributed by atoms with Gasteiger partial charge >= 0.3 is 0 Å². The molecule has 7 nitrogen and oxygen atoms in total. The number of hydrogen-bond donors (Lipinski definition) is 1. The van der Waals surface area contributed by atoms with E-state index in [1.165, 1.54) is 19.2 Å². The molecule has 1 spiro atoms. The Morgan fingerprint density at radius 3 is 2.64 bits per heavy atom. The van der Waals surface area contributed by atoms with Gasteiger partial charge in [-0.1, -0.05) is 0 Å². The van der Waals surface area contributed by atoms with Crippen LogP contribution in [0.1, 0.15) is 36.2 Å². The zero-order chi connectivity index (χ0) is 15.0. The molecule has 2 saturated heterocycles. The van der Waals surface area contributed by atoms with Gasteiger partial charge in [-0.15, -0.1) is 0 Å². The number of aromatic nitrogens is 2. The molecule has 3 heterocycles. The fourth-order valence-corrected chi connectivity index (χ4v) is 2.99. The lowest BCUT2D eigenvalue weighted by atomic mass is 10.0. The van der Waals surface area contributed by atoms with Crippen molar-refractivity contribution in [1.82, 2.24) is 14.9 Å². The van der Waals surface area contributed by atoms with Crippen molar-refractivity contribution in [2.75, 3.05) is 31.6 Å². The molecular formula is C15H20N4O3. The molecule has 1 aromatic rings. The van der Waals surface area contributed by atoms with Crippen molar-refractivity contribution in [3.8, 4) is 0 Å². The molecule has 1 aromatic heterocycles. The molecule has 1 saturated carbocycles. The van der Waals surface area contributed by atoms with Crippen LogP contribution in [0.2, 0.25) is 0 Å². The van der Waals surface area contributed by atoms with Crippen molar-refractivity contribution >= 4 is 11.7 Å². The number of nitrogens with zero attached hydrogens (tertiary/aromatic N) is 3. The van der Waals surface area contributed by atoms with Gasteiger partial charge in [-0.25, -0.2) is 9.97 Å². The summed E-state index contributed by atoms with van der Waals surface area (Å²) >= 11 is 0. The molecule has 1 N–H and O–H groups in total. The van der Waals surface area contributed by atoms with Crippen LogP contribution in [-0.2, 0) is 9.47 Å². The third kappa shape index (κ3) is 2.78. The summed E-state index contributed by atoms with van der Waals surface area (Å²) in [5, 5.41) is 3.29. The number of carbonyl (C=O) groups excluding carboxylic acids is 1. The van der Waals surface area contributed by atoms with E-state index in [4.69, 9.17) is 9.47 Å². The number of carbonyl (C=O) groups is 1. The van der Waals surface area contributed by atoms with Crippen LogP contribution >= 0.6 is 0 Å². The Hall–Kier alpha value is -1.73. The molecule has 118 valence electrons. The summed E-state index contributed by atoms with van der Waals surface area (Å²) in [6.45, 7) is 2.56. The minimum atomic E-state index is -0.457. The lowest BCUT2D eigenvalue weighted by Crippen LogP contribution is -2.47. The summed E-state index contributed by atoms with van der Waals surface area (Å²) in [5.74, 6) is 0.229. The maximum atomic E-state index is 12.6. The molecular weight excluding hydrogens is 284 g/mol. The summed E-state index contributed by atoms with van der Waals surface area (Å²) in [5.41, 5.74) is 0.447. The normalized spacial score (nSPS) is 23.7. The Labute approximate surface area is 129 Å². The van der Waals surface area contributed by atoms with Crippen molar-refractivity contribution in [1.29, 1.82) is 0 Å². The van der Waals surface area contributed by atoms with E-state index in [-0.39, 0.29) is 5.91 Å². The van der Waals surface area contributed by atoms with Gasteiger partial charge in [0.05, 0.1) is 13.2 Å². The topological polar surface area (TPSA) is 76.6 Å². The van der Waals surface area contributed by atoms with Gasteiger partial charge in [-0.3, -0.25) is 4.79 Å². The summed E-state index contributed by atoms with van der Waals surface area (Å²) in [6, 6.07) is 2.25. The summed E-state index contributed by atoms with van der Waals surface area (Å²) in [6.07, 6.45) is 5.23. The standard InChI is InChI=1S/C15H20N4O3/c20-14(12-9-13(17-10-16-12)18-11-1-2-11)19-5-3-15(4-6-19)21-7-8-22-15/h9-11H,1-8H2,(H,16,17,18). The molecule has 1 amide bonds. The van der Waals surface area contributed by atoms with Crippen molar-refractivity contribution in [2.24, 2.45) is 0 Å². The van der Waals surface area contributed by atoms with Gasteiger partial charge in [0.15, 0.2) is 5.79 Å². The Balaban J connectivity index is 1.41. The molecule has 0 atom stereocenters. The second-order valence-electron chi connectivity index (χ2n) is 6.11. The minimum Gasteiger partial charge on any atom is -0.367 e. The molecule has 1 aliphatic carbocycles. The second-order valence-corrected chi connectivity index (χ2v) is 6.11. The van der Waals surface area contributed by atoms with Crippen LogP contribution in [0.25, 0.3) is 0 Å². The van der Waals surface area contributed by atoms with Gasteiger partial charge in [-0.2, -0.15) is 0 Å². The van der Waals surface area contributed by atoms with Gasteiger partial charge in [0, 0.05) is 38.0 Å². The minimum absolute atomic E-state index is 0.0471. The molecule has 0 unspecified atom stereocenters. The van der Waals surface area contributed by atoms with E-state index in [1.807, 2.05) is 4.90 Å². The lowest BCUT2D eigenvalue weighted by molar-refractivity contribution is -0.181. The Morgan fingerprint density at radius 2 is 1.95 bits per heavy atom. The molecule has 2 aliphatic heterocycles. The molecule has 3 fully saturated rings. The van der Waals surface area contributed by atoms with Crippen LogP contribution < -0.4 is 5.32 Å². The van der Waals surface area contributed by atoms with E-state index in [0.717, 1.165) is 18.7 Å². The highest BCUT2D eigenvalue weighted by Gasteiger charge is 2.41. The van der Waals surface area contributed by atoms with Crippen LogP contribution in [0, 0.1) is 0 Å². The first kappa shape index (κ1) is 13.9. The first-order valence-electron chi connectivity index (χ1n) is 7.90. The van der Waals surface area contributed by atoms with Gasteiger partial charge < -0.3 is 19.7 Å². The average molecular weight is 304 g/mol. The number of ether oxygens (including phenoxy) is 2. The monoisotopic (exact) mass is 304 g/mol. The highest BCUT2D eigenvalue weighted by atomic mass is 16.7. The van der Waals surface area contributed by atoms with Crippen LogP contribution in [0.3, 0.4) is 0 Å². The van der Waals surface area contributed by atoms with E-state index >= 15 is 0 Å². The molecule has 3 aliphatic rings. The first-order chi connectivity index (χ1) is 10.7. The maximum absolute atomic E-state index is 12.6. The van der Waals surface area contributed by atoms with Crippen molar-refractivity contribution < 1.29 is 14.3 Å². The number of anilines is 1. The quantitative estimate of drug-likeness (QED) is 0.899. The highest BCUT2D eigenvalue weighted by Crippen LogP contribution is 2.31. The second kappa shape index (κ2) is 5.48. The maximum Gasteiger partial charge on any atom is 0.272 e. The van der Waals surface area contributed by atoms with Crippen molar-refractivity contribution in [2.45, 2.75) is 37.5 Å². The predicted molar refractivity (Wildman–Crippen MR) is 78.4 cm³/mol. The smallest absolute Gasteiger partial charge is 0.272 e. The Bertz CT molecular complexity index is 560. The Kier molecular flexibility index (Phi) is 3.46. The third-order valence-corrected chi connectivity index (χ3v) is 4.44. The number of rotatable bonds is 3. The van der Waals surface area contributed by atoms with E-state index in [1.54, 1.807) is 6.07 Å². The fourth-order valence-electron chi connectivity index (χ4n) is 2.99. The van der Waals surface area contributed by atoms with Gasteiger partial charge in [-0.05, 0) is 12.8 Å². The number of piperidine rings is 1. The number of nitrogens with one attached hydrogen (secondary N) is 1. The van der Waals surface area contributed by atoms with Crippen LogP contribution in [0.5, 0.6) is 0 Å². The number of likely N-dealkylation sites (tertiary alicyclic amines) is 1. The van der Waals surface area contributed by atoms with E-state index in [0.29, 0.717) is 38.0 Å². The molecule has 7 heteroatoms. The summed E-state index contributed by atoms with van der Waals surface area (Å²) < 4.78 is 11.4. The summed E-state index contributed by atoms with van der Waals surface area (Å²) in [4.78, 5) is 22.7. The third-order valence-electron chi connectivity index (χ3n) is 4.44. The van der Waals surface area contributed by atoms with E-state index < -0.39 is 5.79 Å². The van der Waals surface area contributed by atoms with Gasteiger partial charge in [0.25, 0.3) is 5.91 Å². The molecule has 0 aromatic carbocycles. The molecule has 0 radical (unpaired) electrons. The van der Waals surface area contributed by atoms with Crippen LogP contribution in [-0.4, -0.2) is 58.9 Å². The predicted octanol–water partition coefficient (Wildman–Crippen LogP) is 1.03. The lowest BCUT2D eigenvalue weighted by Gasteiger charge is -2.37. The largest absolute Gasteiger partial charge is 0.367 e.